The van der Waals surface area contributed by atoms with Crippen LogP contribution in [0.1, 0.15) is 25.1 Å². The lowest BCUT2D eigenvalue weighted by Gasteiger charge is -2.24. The van der Waals surface area contributed by atoms with Crippen LogP contribution in [0.3, 0.4) is 0 Å². The Hall–Kier alpha value is -0.960. The van der Waals surface area contributed by atoms with E-state index in [1.807, 2.05) is 6.92 Å². The lowest BCUT2D eigenvalue weighted by molar-refractivity contribution is 0.157. The van der Waals surface area contributed by atoms with Crippen molar-refractivity contribution in [1.82, 2.24) is 4.98 Å². The molecule has 0 spiro atoms. The number of aryl methyl sites for hydroxylation is 1. The lowest BCUT2D eigenvalue weighted by Crippen LogP contribution is -2.37. The third kappa shape index (κ3) is 2.04. The predicted molar refractivity (Wildman–Crippen MR) is 51.1 cm³/mol. The normalized spacial score (nSPS) is 17.9. The van der Waals surface area contributed by atoms with Crippen molar-refractivity contribution in [2.45, 2.75) is 32.5 Å². The first-order valence-electron chi connectivity index (χ1n) is 4.32. The summed E-state index contributed by atoms with van der Waals surface area (Å²) in [6.45, 7) is 5.00. The van der Waals surface area contributed by atoms with Gasteiger partial charge in [-0.05, 0) is 26.8 Å². The molecule has 0 saturated heterocycles. The number of hydrogen-bond donors (Lipinski definition) is 1. The van der Waals surface area contributed by atoms with Crippen molar-refractivity contribution in [2.24, 2.45) is 5.73 Å². The highest BCUT2D eigenvalue weighted by Gasteiger charge is 2.30. The first-order valence-corrected chi connectivity index (χ1v) is 4.32. The van der Waals surface area contributed by atoms with E-state index >= 15 is 0 Å². The van der Waals surface area contributed by atoms with Crippen LogP contribution in [-0.2, 0) is 5.67 Å². The molecule has 0 aliphatic carbocycles. The molecule has 0 bridgehead atoms. The highest BCUT2D eigenvalue weighted by molar-refractivity contribution is 5.21. The van der Waals surface area contributed by atoms with E-state index in [0.29, 0.717) is 5.56 Å². The zero-order valence-electron chi connectivity index (χ0n) is 8.21. The summed E-state index contributed by atoms with van der Waals surface area (Å²) in [6.07, 6.45) is 1.54. The van der Waals surface area contributed by atoms with Crippen LogP contribution in [0.5, 0.6) is 0 Å². The molecular weight excluding hydrogens is 167 g/mol. The van der Waals surface area contributed by atoms with E-state index in [9.17, 15) is 4.39 Å². The number of hydrogen-bond acceptors (Lipinski definition) is 2. The van der Waals surface area contributed by atoms with Gasteiger partial charge in [0.25, 0.3) is 0 Å². The van der Waals surface area contributed by atoms with Gasteiger partial charge in [0.05, 0.1) is 0 Å². The minimum atomic E-state index is -1.50. The van der Waals surface area contributed by atoms with Crippen LogP contribution in [0.15, 0.2) is 18.3 Å². The van der Waals surface area contributed by atoms with Crippen LogP contribution in [0.25, 0.3) is 0 Å². The van der Waals surface area contributed by atoms with E-state index in [1.54, 1.807) is 25.3 Å². The van der Waals surface area contributed by atoms with Gasteiger partial charge in [0.15, 0.2) is 0 Å². The Morgan fingerprint density at radius 2 is 2.15 bits per heavy atom. The smallest absolute Gasteiger partial charge is 0.149 e. The Labute approximate surface area is 78.0 Å². The second kappa shape index (κ2) is 3.42. The van der Waals surface area contributed by atoms with E-state index in [4.69, 9.17) is 5.73 Å². The number of nitrogens with two attached hydrogens (primary N) is 1. The summed E-state index contributed by atoms with van der Waals surface area (Å²) in [4.78, 5) is 4.03. The molecule has 72 valence electrons. The second-order valence-electron chi connectivity index (χ2n) is 3.55. The standard InChI is InChI=1S/C10H15FN2/c1-7-4-5-9(6-13-7)10(3,11)8(2)12/h4-6,8H,12H2,1-3H3. The first kappa shape index (κ1) is 10.1. The molecular formula is C10H15FN2. The highest BCUT2D eigenvalue weighted by Crippen LogP contribution is 2.27. The fraction of sp³-hybridized carbons (Fsp3) is 0.500. The van der Waals surface area contributed by atoms with Crippen molar-refractivity contribution in [3.63, 3.8) is 0 Å². The summed E-state index contributed by atoms with van der Waals surface area (Å²) >= 11 is 0. The van der Waals surface area contributed by atoms with Gasteiger partial charge in [-0.2, -0.15) is 0 Å². The van der Waals surface area contributed by atoms with Crippen molar-refractivity contribution >= 4 is 0 Å². The molecule has 13 heavy (non-hydrogen) atoms. The molecule has 1 aromatic heterocycles. The Balaban J connectivity index is 3.01. The number of pyridine rings is 1. The summed E-state index contributed by atoms with van der Waals surface area (Å²) in [5.74, 6) is 0. The van der Waals surface area contributed by atoms with Crippen LogP contribution < -0.4 is 5.73 Å². The van der Waals surface area contributed by atoms with E-state index in [2.05, 4.69) is 4.98 Å². The molecule has 1 rings (SSSR count). The van der Waals surface area contributed by atoms with Crippen LogP contribution in [0.4, 0.5) is 4.39 Å². The molecule has 0 aliphatic rings. The maximum atomic E-state index is 13.9. The zero-order chi connectivity index (χ0) is 10.1. The third-order valence-electron chi connectivity index (χ3n) is 2.33. The van der Waals surface area contributed by atoms with Gasteiger partial charge in [0.1, 0.15) is 5.67 Å². The second-order valence-corrected chi connectivity index (χ2v) is 3.55. The summed E-state index contributed by atoms with van der Waals surface area (Å²) in [6, 6.07) is 2.98. The van der Waals surface area contributed by atoms with Crippen LogP contribution >= 0.6 is 0 Å². The van der Waals surface area contributed by atoms with Crippen molar-refractivity contribution in [2.75, 3.05) is 0 Å². The molecule has 0 saturated carbocycles. The van der Waals surface area contributed by atoms with E-state index < -0.39 is 11.7 Å². The minimum absolute atomic E-state index is 0.531. The van der Waals surface area contributed by atoms with E-state index in [0.717, 1.165) is 5.69 Å². The molecule has 0 radical (unpaired) electrons. The molecule has 2 N–H and O–H groups in total. The van der Waals surface area contributed by atoms with Gasteiger partial charge in [0.2, 0.25) is 0 Å². The number of rotatable bonds is 2. The molecule has 0 fully saturated rings. The number of alkyl halides is 1. The molecule has 1 heterocycles. The molecule has 0 aromatic carbocycles. The minimum Gasteiger partial charge on any atom is -0.325 e. The number of halogens is 1. The summed E-state index contributed by atoms with van der Waals surface area (Å²) < 4.78 is 13.9. The largest absolute Gasteiger partial charge is 0.325 e. The summed E-state index contributed by atoms with van der Waals surface area (Å²) in [5, 5.41) is 0. The molecule has 2 unspecified atom stereocenters. The van der Waals surface area contributed by atoms with Gasteiger partial charge in [-0.3, -0.25) is 4.98 Å². The van der Waals surface area contributed by atoms with E-state index in [-0.39, 0.29) is 0 Å². The molecule has 2 atom stereocenters. The van der Waals surface area contributed by atoms with Gasteiger partial charge < -0.3 is 5.73 Å². The molecule has 2 nitrogen and oxygen atoms in total. The van der Waals surface area contributed by atoms with Gasteiger partial charge in [0, 0.05) is 23.5 Å². The molecule has 0 amide bonds. The average molecular weight is 182 g/mol. The van der Waals surface area contributed by atoms with E-state index in [1.165, 1.54) is 6.92 Å². The molecule has 0 aliphatic heterocycles. The number of aromatic nitrogens is 1. The topological polar surface area (TPSA) is 38.9 Å². The maximum absolute atomic E-state index is 13.9. The molecule has 3 heteroatoms. The van der Waals surface area contributed by atoms with Gasteiger partial charge in [-0.25, -0.2) is 4.39 Å². The van der Waals surface area contributed by atoms with Crippen molar-refractivity contribution in [3.05, 3.63) is 29.6 Å². The first-order chi connectivity index (χ1) is 5.94. The predicted octanol–water partition coefficient (Wildman–Crippen LogP) is 1.92. The van der Waals surface area contributed by atoms with Crippen molar-refractivity contribution in [1.29, 1.82) is 0 Å². The average Bonchev–Trinajstić information content (AvgIpc) is 2.04. The Kier molecular flexibility index (Phi) is 2.66. The fourth-order valence-corrected chi connectivity index (χ4v) is 1.02. The van der Waals surface area contributed by atoms with Crippen LogP contribution in [0, 0.1) is 6.92 Å². The lowest BCUT2D eigenvalue weighted by atomic mass is 9.93. The van der Waals surface area contributed by atoms with Gasteiger partial charge >= 0.3 is 0 Å². The SMILES string of the molecule is Cc1ccc(C(C)(F)C(C)N)cn1. The van der Waals surface area contributed by atoms with Crippen molar-refractivity contribution < 1.29 is 4.39 Å². The third-order valence-corrected chi connectivity index (χ3v) is 2.33. The Morgan fingerprint density at radius 3 is 2.54 bits per heavy atom. The maximum Gasteiger partial charge on any atom is 0.149 e. The summed E-state index contributed by atoms with van der Waals surface area (Å²) in [5.41, 5.74) is 5.45. The zero-order valence-corrected chi connectivity index (χ0v) is 8.21. The van der Waals surface area contributed by atoms with Gasteiger partial charge in [-0.1, -0.05) is 6.07 Å². The van der Waals surface area contributed by atoms with Gasteiger partial charge in [-0.15, -0.1) is 0 Å². The monoisotopic (exact) mass is 182 g/mol. The molecule has 1 aromatic rings. The summed E-state index contributed by atoms with van der Waals surface area (Å²) in [7, 11) is 0. The number of nitrogens with zero attached hydrogens (tertiary/aromatic N) is 1. The fourth-order valence-electron chi connectivity index (χ4n) is 1.02. The van der Waals surface area contributed by atoms with Crippen LogP contribution in [-0.4, -0.2) is 11.0 Å². The quantitative estimate of drug-likeness (QED) is 0.759. The Bertz CT molecular complexity index is 277. The van der Waals surface area contributed by atoms with Crippen LogP contribution in [0.2, 0.25) is 0 Å². The van der Waals surface area contributed by atoms with Crippen molar-refractivity contribution in [3.8, 4) is 0 Å². The Morgan fingerprint density at radius 1 is 1.54 bits per heavy atom. The highest BCUT2D eigenvalue weighted by atomic mass is 19.1.